The average molecular weight is 438 g/mol. The first-order chi connectivity index (χ1) is 13.0. The van der Waals surface area contributed by atoms with Gasteiger partial charge >= 0.3 is 0 Å². The van der Waals surface area contributed by atoms with E-state index in [-0.39, 0.29) is 11.7 Å². The van der Waals surface area contributed by atoms with Crippen LogP contribution in [0.25, 0.3) is 11.4 Å². The number of nitrogens with one attached hydrogen (secondary N) is 1. The lowest BCUT2D eigenvalue weighted by Crippen LogP contribution is -2.14. The van der Waals surface area contributed by atoms with Gasteiger partial charge in [-0.2, -0.15) is 5.26 Å². The van der Waals surface area contributed by atoms with E-state index in [1.807, 2.05) is 23.6 Å². The Kier molecular flexibility index (Phi) is 6.39. The van der Waals surface area contributed by atoms with E-state index in [9.17, 15) is 4.79 Å². The van der Waals surface area contributed by atoms with Crippen LogP contribution in [0.5, 0.6) is 0 Å². The van der Waals surface area contributed by atoms with Crippen molar-refractivity contribution in [2.75, 3.05) is 11.1 Å². The molecule has 0 atom stereocenters. The molecule has 0 fully saturated rings. The van der Waals surface area contributed by atoms with Gasteiger partial charge in [0.05, 0.1) is 21.4 Å². The number of aromatic nitrogens is 3. The summed E-state index contributed by atoms with van der Waals surface area (Å²) in [6.07, 6.45) is 0. The Balaban J connectivity index is 1.72. The Labute approximate surface area is 174 Å². The van der Waals surface area contributed by atoms with Gasteiger partial charge in [-0.3, -0.25) is 4.79 Å². The first kappa shape index (κ1) is 19.7. The molecule has 3 aromatic rings. The molecule has 0 spiro atoms. The Bertz CT molecular complexity index is 1020. The van der Waals surface area contributed by atoms with Crippen LogP contribution in [0.15, 0.2) is 34.8 Å². The number of anilines is 1. The van der Waals surface area contributed by atoms with Gasteiger partial charge in [0.1, 0.15) is 11.1 Å². The number of thioether (sulfide) groups is 1. The molecule has 0 aliphatic rings. The highest BCUT2D eigenvalue weighted by molar-refractivity contribution is 7.99. The predicted molar refractivity (Wildman–Crippen MR) is 110 cm³/mol. The molecule has 0 aliphatic carbocycles. The van der Waals surface area contributed by atoms with E-state index in [1.165, 1.54) is 23.1 Å². The SMILES string of the molecule is CCn1c(SCC(=O)Nc2sccc2C#N)nnc1-c1ccc(Cl)c(Cl)c1. The minimum absolute atomic E-state index is 0.155. The third-order valence-corrected chi connectivity index (χ3v) is 6.12. The van der Waals surface area contributed by atoms with E-state index in [0.717, 1.165) is 5.56 Å². The number of thiophene rings is 1. The molecule has 0 radical (unpaired) electrons. The molecule has 0 aliphatic heterocycles. The van der Waals surface area contributed by atoms with Crippen LogP contribution in [0.1, 0.15) is 12.5 Å². The van der Waals surface area contributed by atoms with Gasteiger partial charge in [0, 0.05) is 12.1 Å². The maximum absolute atomic E-state index is 12.2. The van der Waals surface area contributed by atoms with E-state index in [1.54, 1.807) is 23.6 Å². The maximum atomic E-state index is 12.2. The van der Waals surface area contributed by atoms with Crippen LogP contribution >= 0.6 is 46.3 Å². The number of hydrogen-bond donors (Lipinski definition) is 1. The maximum Gasteiger partial charge on any atom is 0.235 e. The molecule has 0 saturated carbocycles. The smallest absolute Gasteiger partial charge is 0.235 e. The molecule has 138 valence electrons. The molecule has 2 aromatic heterocycles. The van der Waals surface area contributed by atoms with Gasteiger partial charge in [-0.25, -0.2) is 0 Å². The number of nitrogens with zero attached hydrogens (tertiary/aromatic N) is 4. The minimum Gasteiger partial charge on any atom is -0.316 e. The number of benzene rings is 1. The van der Waals surface area contributed by atoms with Crippen LogP contribution < -0.4 is 5.32 Å². The van der Waals surface area contributed by atoms with Gasteiger partial charge in [0.25, 0.3) is 0 Å². The monoisotopic (exact) mass is 437 g/mol. The third kappa shape index (κ3) is 4.45. The summed E-state index contributed by atoms with van der Waals surface area (Å²) >= 11 is 14.7. The van der Waals surface area contributed by atoms with Gasteiger partial charge in [-0.1, -0.05) is 35.0 Å². The molecule has 0 unspecified atom stereocenters. The molecule has 0 saturated heterocycles. The second-order valence-electron chi connectivity index (χ2n) is 5.29. The lowest BCUT2D eigenvalue weighted by Gasteiger charge is -2.08. The number of carbonyl (C=O) groups is 1. The standard InChI is InChI=1S/C17H13Cl2N5OS2/c1-2-24-15(10-3-4-12(18)13(19)7-10)22-23-17(24)27-9-14(25)21-16-11(8-20)5-6-26-16/h3-7H,2,9H2,1H3,(H,21,25). The van der Waals surface area contributed by atoms with E-state index in [4.69, 9.17) is 28.5 Å². The summed E-state index contributed by atoms with van der Waals surface area (Å²) in [6.45, 7) is 2.61. The molecule has 0 bridgehead atoms. The molecular weight excluding hydrogens is 425 g/mol. The third-order valence-electron chi connectivity index (χ3n) is 3.58. The number of carbonyl (C=O) groups excluding carboxylic acids is 1. The first-order valence-corrected chi connectivity index (χ1v) is 10.4. The van der Waals surface area contributed by atoms with Gasteiger partial charge in [0.15, 0.2) is 11.0 Å². The van der Waals surface area contributed by atoms with E-state index in [2.05, 4.69) is 15.5 Å². The number of nitriles is 1. The van der Waals surface area contributed by atoms with Crippen molar-refractivity contribution < 1.29 is 4.79 Å². The van der Waals surface area contributed by atoms with Crippen molar-refractivity contribution in [3.8, 4) is 17.5 Å². The van der Waals surface area contributed by atoms with Crippen molar-refractivity contribution in [2.45, 2.75) is 18.6 Å². The van der Waals surface area contributed by atoms with Crippen LogP contribution in [0, 0.1) is 11.3 Å². The molecule has 6 nitrogen and oxygen atoms in total. The van der Waals surface area contributed by atoms with Crippen molar-refractivity contribution in [2.24, 2.45) is 0 Å². The molecule has 3 rings (SSSR count). The fraction of sp³-hybridized carbons (Fsp3) is 0.176. The number of halogens is 2. The average Bonchev–Trinajstić information content (AvgIpc) is 3.28. The highest BCUT2D eigenvalue weighted by Crippen LogP contribution is 2.30. The van der Waals surface area contributed by atoms with Crippen LogP contribution in [-0.2, 0) is 11.3 Å². The van der Waals surface area contributed by atoms with Crippen molar-refractivity contribution in [3.05, 3.63) is 45.3 Å². The summed E-state index contributed by atoms with van der Waals surface area (Å²) < 4.78 is 1.91. The van der Waals surface area contributed by atoms with Crippen molar-refractivity contribution in [1.82, 2.24) is 14.8 Å². The van der Waals surface area contributed by atoms with Crippen molar-refractivity contribution >= 4 is 57.2 Å². The summed E-state index contributed by atoms with van der Waals surface area (Å²) in [6, 6.07) is 8.99. The van der Waals surface area contributed by atoms with Crippen LogP contribution in [-0.4, -0.2) is 26.4 Å². The Hall–Kier alpha value is -2.05. The summed E-state index contributed by atoms with van der Waals surface area (Å²) in [5.74, 6) is 0.604. The highest BCUT2D eigenvalue weighted by atomic mass is 35.5. The minimum atomic E-state index is -0.208. The zero-order valence-electron chi connectivity index (χ0n) is 14.1. The van der Waals surface area contributed by atoms with Crippen LogP contribution in [0.4, 0.5) is 5.00 Å². The van der Waals surface area contributed by atoms with Gasteiger partial charge in [0.2, 0.25) is 5.91 Å². The van der Waals surface area contributed by atoms with Crippen LogP contribution in [0.2, 0.25) is 10.0 Å². The number of amides is 1. The summed E-state index contributed by atoms with van der Waals surface area (Å²) in [7, 11) is 0. The number of rotatable bonds is 6. The molecule has 27 heavy (non-hydrogen) atoms. The largest absolute Gasteiger partial charge is 0.316 e. The molecule has 2 heterocycles. The molecule has 1 N–H and O–H groups in total. The fourth-order valence-electron chi connectivity index (χ4n) is 2.32. The Morgan fingerprint density at radius 1 is 1.33 bits per heavy atom. The first-order valence-electron chi connectivity index (χ1n) is 7.82. The molecule has 1 aromatic carbocycles. The highest BCUT2D eigenvalue weighted by Gasteiger charge is 2.16. The van der Waals surface area contributed by atoms with E-state index < -0.39 is 0 Å². The zero-order chi connectivity index (χ0) is 19.4. The zero-order valence-corrected chi connectivity index (χ0v) is 17.2. The van der Waals surface area contributed by atoms with Crippen molar-refractivity contribution in [3.63, 3.8) is 0 Å². The summed E-state index contributed by atoms with van der Waals surface area (Å²) in [5, 5.41) is 24.0. The molecule has 10 heteroatoms. The van der Waals surface area contributed by atoms with Gasteiger partial charge in [-0.15, -0.1) is 21.5 Å². The van der Waals surface area contributed by atoms with E-state index >= 15 is 0 Å². The Morgan fingerprint density at radius 3 is 2.85 bits per heavy atom. The second kappa shape index (κ2) is 8.76. The second-order valence-corrected chi connectivity index (χ2v) is 7.96. The summed E-state index contributed by atoms with van der Waals surface area (Å²) in [5.41, 5.74) is 1.25. The fourth-order valence-corrected chi connectivity index (χ4v) is 4.17. The van der Waals surface area contributed by atoms with E-state index in [0.29, 0.717) is 38.1 Å². The van der Waals surface area contributed by atoms with Gasteiger partial charge in [-0.05, 0) is 36.6 Å². The number of hydrogen-bond acceptors (Lipinski definition) is 6. The quantitative estimate of drug-likeness (QED) is 0.552. The molecular formula is C17H13Cl2N5OS2. The van der Waals surface area contributed by atoms with Gasteiger partial charge < -0.3 is 9.88 Å². The normalized spacial score (nSPS) is 10.6. The predicted octanol–water partition coefficient (Wildman–Crippen LogP) is 4.94. The van der Waals surface area contributed by atoms with Crippen molar-refractivity contribution in [1.29, 1.82) is 5.26 Å². The summed E-state index contributed by atoms with van der Waals surface area (Å²) in [4.78, 5) is 12.2. The molecule has 1 amide bonds. The Morgan fingerprint density at radius 2 is 2.15 bits per heavy atom. The van der Waals surface area contributed by atoms with Crippen LogP contribution in [0.3, 0.4) is 0 Å². The lowest BCUT2D eigenvalue weighted by atomic mass is 10.2. The lowest BCUT2D eigenvalue weighted by molar-refractivity contribution is -0.113. The topological polar surface area (TPSA) is 83.6 Å².